The first-order valence-corrected chi connectivity index (χ1v) is 7.98. The van der Waals surface area contributed by atoms with Crippen LogP contribution in [0.3, 0.4) is 0 Å². The van der Waals surface area contributed by atoms with Gasteiger partial charge in [0.2, 0.25) is 0 Å². The first kappa shape index (κ1) is 17.7. The number of hydrogen-bond donors (Lipinski definition) is 0. The van der Waals surface area contributed by atoms with Gasteiger partial charge in [-0.05, 0) is 24.8 Å². The van der Waals surface area contributed by atoms with Crippen molar-refractivity contribution in [3.05, 3.63) is 35.6 Å². The van der Waals surface area contributed by atoms with Gasteiger partial charge in [0.15, 0.2) is 0 Å². The van der Waals surface area contributed by atoms with Gasteiger partial charge in [-0.25, -0.2) is 4.79 Å². The van der Waals surface area contributed by atoms with Gasteiger partial charge in [-0.2, -0.15) is 13.2 Å². The third-order valence-corrected chi connectivity index (χ3v) is 4.82. The van der Waals surface area contributed by atoms with Crippen molar-refractivity contribution in [1.29, 1.82) is 0 Å². The number of hydrogen-bond acceptors (Lipinski definition) is 4. The molecule has 0 bridgehead atoms. The number of ether oxygens (including phenoxy) is 2. The maximum absolute atomic E-state index is 12.8. The largest absolute Gasteiger partial charge is 0.457 e. The molecule has 0 aromatic carbocycles. The molecule has 8 heteroatoms. The van der Waals surface area contributed by atoms with Gasteiger partial charge < -0.3 is 9.47 Å². The van der Waals surface area contributed by atoms with Crippen molar-refractivity contribution in [2.75, 3.05) is 13.7 Å². The summed E-state index contributed by atoms with van der Waals surface area (Å²) in [6.45, 7) is 3.41. The Hall–Kier alpha value is -2.09. The van der Waals surface area contributed by atoms with Crippen LogP contribution in [0.5, 0.6) is 0 Å². The fourth-order valence-corrected chi connectivity index (χ4v) is 3.96. The molecule has 3 rings (SSSR count). The summed E-state index contributed by atoms with van der Waals surface area (Å²) in [5, 5.41) is 0. The second-order valence-electron chi connectivity index (χ2n) is 6.21. The highest BCUT2D eigenvalue weighted by molar-refractivity contribution is 6.09. The summed E-state index contributed by atoms with van der Waals surface area (Å²) >= 11 is 0. The summed E-state index contributed by atoms with van der Waals surface area (Å²) in [6.07, 6.45) is -1.57. The highest BCUT2D eigenvalue weighted by Gasteiger charge is 2.59. The lowest BCUT2D eigenvalue weighted by Crippen LogP contribution is -2.55. The van der Waals surface area contributed by atoms with Crippen molar-refractivity contribution in [3.63, 3.8) is 0 Å². The quantitative estimate of drug-likeness (QED) is 0.336. The van der Waals surface area contributed by atoms with Gasteiger partial charge in [0.25, 0.3) is 5.91 Å². The maximum Gasteiger partial charge on any atom is 0.410 e. The van der Waals surface area contributed by atoms with Gasteiger partial charge in [0.1, 0.15) is 12.3 Å². The Morgan fingerprint density at radius 1 is 1.40 bits per heavy atom. The number of allylic oxidation sites excluding steroid dienone is 1. The summed E-state index contributed by atoms with van der Waals surface area (Å²) < 4.78 is 48.7. The molecule has 136 valence electrons. The lowest BCUT2D eigenvalue weighted by atomic mass is 9.75. The summed E-state index contributed by atoms with van der Waals surface area (Å²) in [4.78, 5) is 25.9. The van der Waals surface area contributed by atoms with E-state index in [-0.39, 0.29) is 29.9 Å². The molecule has 0 N–H and O–H groups in total. The smallest absolute Gasteiger partial charge is 0.410 e. The van der Waals surface area contributed by atoms with Crippen LogP contribution in [-0.4, -0.2) is 48.8 Å². The predicted octanol–water partition coefficient (Wildman–Crippen LogP) is 2.50. The van der Waals surface area contributed by atoms with E-state index in [4.69, 9.17) is 9.47 Å². The molecule has 3 atom stereocenters. The Kier molecular flexibility index (Phi) is 4.49. The minimum atomic E-state index is -4.58. The lowest BCUT2D eigenvalue weighted by Gasteiger charge is -2.42. The Labute approximate surface area is 142 Å². The van der Waals surface area contributed by atoms with Crippen LogP contribution in [0.1, 0.15) is 19.3 Å². The summed E-state index contributed by atoms with van der Waals surface area (Å²) in [7, 11) is 1.48. The highest BCUT2D eigenvalue weighted by Crippen LogP contribution is 2.52. The van der Waals surface area contributed by atoms with Crippen LogP contribution in [-0.2, 0) is 19.1 Å². The fourth-order valence-electron chi connectivity index (χ4n) is 3.96. The number of amides is 1. The number of β-lactam (4-membered cyclic amide) rings is 1. The summed E-state index contributed by atoms with van der Waals surface area (Å²) in [6, 6.07) is -0.770. The van der Waals surface area contributed by atoms with Crippen LogP contribution in [0.4, 0.5) is 13.2 Å². The van der Waals surface area contributed by atoms with Crippen molar-refractivity contribution in [2.24, 2.45) is 5.92 Å². The second-order valence-corrected chi connectivity index (χ2v) is 6.21. The Morgan fingerprint density at radius 2 is 2.12 bits per heavy atom. The van der Waals surface area contributed by atoms with Crippen molar-refractivity contribution in [1.82, 2.24) is 4.90 Å². The van der Waals surface area contributed by atoms with Crippen LogP contribution in [0.2, 0.25) is 0 Å². The zero-order valence-corrected chi connectivity index (χ0v) is 13.6. The first-order chi connectivity index (χ1) is 11.8. The van der Waals surface area contributed by atoms with Crippen molar-refractivity contribution in [2.45, 2.75) is 37.6 Å². The zero-order valence-electron chi connectivity index (χ0n) is 13.6. The SMILES string of the molecule is C=CCOC(=O)C1=C2[C@@H](OC)CCC[C@@H]2[C@@H]2/C(=C\C(F)(F)F)C(=O)N12. The second kappa shape index (κ2) is 6.33. The number of rotatable bonds is 4. The van der Waals surface area contributed by atoms with E-state index in [1.807, 2.05) is 0 Å². The van der Waals surface area contributed by atoms with E-state index in [2.05, 4.69) is 6.58 Å². The van der Waals surface area contributed by atoms with Gasteiger partial charge in [0.05, 0.1) is 12.1 Å². The third kappa shape index (κ3) is 2.88. The normalized spacial score (nSPS) is 30.1. The van der Waals surface area contributed by atoms with Crippen LogP contribution in [0.15, 0.2) is 35.6 Å². The van der Waals surface area contributed by atoms with Crippen molar-refractivity contribution < 1.29 is 32.2 Å². The van der Waals surface area contributed by atoms with Crippen LogP contribution >= 0.6 is 0 Å². The molecule has 1 aliphatic carbocycles. The van der Waals surface area contributed by atoms with E-state index < -0.39 is 30.2 Å². The lowest BCUT2D eigenvalue weighted by molar-refractivity contribution is -0.146. The van der Waals surface area contributed by atoms with Gasteiger partial charge in [-0.15, -0.1) is 0 Å². The van der Waals surface area contributed by atoms with Crippen molar-refractivity contribution >= 4 is 11.9 Å². The van der Waals surface area contributed by atoms with E-state index in [0.717, 1.165) is 11.3 Å². The number of methoxy groups -OCH3 is 1. The highest BCUT2D eigenvalue weighted by atomic mass is 19.4. The van der Waals surface area contributed by atoms with Crippen LogP contribution in [0, 0.1) is 5.92 Å². The molecule has 2 aliphatic heterocycles. The Morgan fingerprint density at radius 3 is 2.72 bits per heavy atom. The van der Waals surface area contributed by atoms with E-state index in [9.17, 15) is 22.8 Å². The number of alkyl halides is 3. The predicted molar refractivity (Wildman–Crippen MR) is 81.1 cm³/mol. The standard InChI is InChI=1S/C17H18F3NO4/c1-3-7-25-16(23)14-12-9(5-4-6-11(12)24-2)13-10(8-17(18,19)20)15(22)21(13)14/h3,8-9,11,13H,1,4-7H2,2H3/b10-8+/t9-,11-,13+/m0/s1. The number of halogens is 3. The number of carbonyl (C=O) groups excluding carboxylic acids is 2. The molecule has 0 aromatic rings. The monoisotopic (exact) mass is 357 g/mol. The van der Waals surface area contributed by atoms with Crippen LogP contribution < -0.4 is 0 Å². The molecule has 3 aliphatic rings. The van der Waals surface area contributed by atoms with Crippen molar-refractivity contribution in [3.8, 4) is 0 Å². The molecule has 25 heavy (non-hydrogen) atoms. The minimum absolute atomic E-state index is 0.0349. The molecule has 0 aromatic heterocycles. The molecule has 0 radical (unpaired) electrons. The van der Waals surface area contributed by atoms with E-state index in [1.54, 1.807) is 0 Å². The molecule has 1 saturated carbocycles. The summed E-state index contributed by atoms with van der Waals surface area (Å²) in [5.41, 5.74) is 0.303. The Bertz CT molecular complexity index is 680. The molecule has 5 nitrogen and oxygen atoms in total. The fraction of sp³-hybridized carbons (Fsp3) is 0.529. The third-order valence-electron chi connectivity index (χ3n) is 4.82. The van der Waals surface area contributed by atoms with Gasteiger partial charge >= 0.3 is 12.1 Å². The molecular weight excluding hydrogens is 339 g/mol. The first-order valence-electron chi connectivity index (χ1n) is 7.98. The number of nitrogens with zero attached hydrogens (tertiary/aromatic N) is 1. The van der Waals surface area contributed by atoms with E-state index in [0.29, 0.717) is 18.4 Å². The van der Waals surface area contributed by atoms with Gasteiger partial charge in [-0.3, -0.25) is 9.69 Å². The van der Waals surface area contributed by atoms with Crippen LogP contribution in [0.25, 0.3) is 0 Å². The molecule has 2 fully saturated rings. The number of esters is 1. The number of carbonyl (C=O) groups is 2. The van der Waals surface area contributed by atoms with E-state index >= 15 is 0 Å². The topological polar surface area (TPSA) is 55.8 Å². The molecule has 0 spiro atoms. The maximum atomic E-state index is 12.8. The van der Waals surface area contributed by atoms with Gasteiger partial charge in [0, 0.05) is 24.7 Å². The molecule has 0 unspecified atom stereocenters. The average molecular weight is 357 g/mol. The van der Waals surface area contributed by atoms with Gasteiger partial charge in [-0.1, -0.05) is 12.7 Å². The molecular formula is C17H18F3NO4. The summed E-state index contributed by atoms with van der Waals surface area (Å²) in [5.74, 6) is -1.88. The minimum Gasteiger partial charge on any atom is -0.457 e. The number of fused-ring (bicyclic) bond motifs is 3. The molecule has 1 amide bonds. The molecule has 1 saturated heterocycles. The van der Waals surface area contributed by atoms with E-state index in [1.165, 1.54) is 13.2 Å². The average Bonchev–Trinajstić information content (AvgIpc) is 2.88. The zero-order chi connectivity index (χ0) is 18.4. The Balaban J connectivity index is 2.02. The molecule has 2 heterocycles.